The summed E-state index contributed by atoms with van der Waals surface area (Å²) in [6.45, 7) is 0. The first kappa shape index (κ1) is 15.5. The fourth-order valence-corrected chi connectivity index (χ4v) is 2.81. The van der Waals surface area contributed by atoms with Crippen LogP contribution >= 0.6 is 11.6 Å². The summed E-state index contributed by atoms with van der Waals surface area (Å²) in [5.74, 6) is -0.949. The van der Waals surface area contributed by atoms with Crippen molar-refractivity contribution in [3.8, 4) is 0 Å². The molecular formula is C19H16ClNO2. The maximum Gasteiger partial charge on any atom is 0.235 e. The fourth-order valence-electron chi connectivity index (χ4n) is 2.68. The quantitative estimate of drug-likeness (QED) is 0.674. The Balaban J connectivity index is 1.70. The Kier molecular flexibility index (Phi) is 4.58. The van der Waals surface area contributed by atoms with Crippen molar-refractivity contribution in [1.29, 1.82) is 0 Å². The summed E-state index contributed by atoms with van der Waals surface area (Å²) in [5.41, 5.74) is 2.34. The summed E-state index contributed by atoms with van der Waals surface area (Å²) in [4.78, 5) is 24.8. The zero-order valence-corrected chi connectivity index (χ0v) is 13.2. The maximum absolute atomic E-state index is 12.4. The van der Waals surface area contributed by atoms with Gasteiger partial charge in [0.05, 0.1) is 0 Å². The molecule has 0 bridgehead atoms. The fraction of sp³-hybridized carbons (Fsp3) is 0.158. The standard InChI is InChI=1S/C19H16ClNO2/c20-15-7-9-16(10-8-15)21-19(23)17-11-6-14(18(17)22)12-13-4-2-1-3-5-13/h1-5,7-10,12,17H,6,11H2,(H,21,23)/b14-12-/t17-/m0/s1. The minimum Gasteiger partial charge on any atom is -0.325 e. The maximum atomic E-state index is 12.4. The second kappa shape index (κ2) is 6.80. The van der Waals surface area contributed by atoms with Gasteiger partial charge in [-0.2, -0.15) is 0 Å². The molecule has 0 heterocycles. The Morgan fingerprint density at radius 1 is 1.09 bits per heavy atom. The van der Waals surface area contributed by atoms with E-state index in [-0.39, 0.29) is 11.7 Å². The number of benzene rings is 2. The number of nitrogens with one attached hydrogen (secondary N) is 1. The molecule has 0 spiro atoms. The number of halogens is 1. The number of anilines is 1. The number of ketones is 1. The molecule has 3 rings (SSSR count). The highest BCUT2D eigenvalue weighted by molar-refractivity contribution is 6.30. The van der Waals surface area contributed by atoms with Crippen molar-refractivity contribution in [2.24, 2.45) is 5.92 Å². The number of hydrogen-bond donors (Lipinski definition) is 1. The van der Waals surface area contributed by atoms with Crippen molar-refractivity contribution in [3.05, 3.63) is 70.8 Å². The molecular weight excluding hydrogens is 310 g/mol. The third kappa shape index (κ3) is 3.69. The Bertz CT molecular complexity index is 751. The van der Waals surface area contributed by atoms with E-state index in [1.54, 1.807) is 24.3 Å². The molecule has 0 unspecified atom stereocenters. The summed E-state index contributed by atoms with van der Waals surface area (Å²) in [6, 6.07) is 16.5. The number of rotatable bonds is 3. The smallest absolute Gasteiger partial charge is 0.235 e. The summed E-state index contributed by atoms with van der Waals surface area (Å²) >= 11 is 5.82. The van der Waals surface area contributed by atoms with Gasteiger partial charge in [-0.25, -0.2) is 0 Å². The van der Waals surface area contributed by atoms with Crippen LogP contribution < -0.4 is 5.32 Å². The number of Topliss-reactive ketones (excluding diaryl/α,β-unsaturated/α-hetero) is 1. The summed E-state index contributed by atoms with van der Waals surface area (Å²) in [5, 5.41) is 3.38. The third-order valence-corrected chi connectivity index (χ3v) is 4.16. The SMILES string of the molecule is O=C(Nc1ccc(Cl)cc1)[C@H]1CC/C(=C/c2ccccc2)C1=O. The molecule has 1 atom stereocenters. The van der Waals surface area contributed by atoms with Gasteiger partial charge in [0.15, 0.2) is 5.78 Å². The molecule has 1 saturated carbocycles. The predicted octanol–water partition coefficient (Wildman–Crippen LogP) is 4.34. The lowest BCUT2D eigenvalue weighted by atomic mass is 10.0. The van der Waals surface area contributed by atoms with E-state index in [1.165, 1.54) is 0 Å². The van der Waals surface area contributed by atoms with E-state index < -0.39 is 5.92 Å². The van der Waals surface area contributed by atoms with Gasteiger partial charge < -0.3 is 5.32 Å². The molecule has 2 aromatic rings. The van der Waals surface area contributed by atoms with Gasteiger partial charge in [-0.05, 0) is 54.3 Å². The Morgan fingerprint density at radius 3 is 2.48 bits per heavy atom. The Hall–Kier alpha value is -2.39. The average molecular weight is 326 g/mol. The number of hydrogen-bond acceptors (Lipinski definition) is 2. The normalized spacial score (nSPS) is 19.1. The molecule has 0 aromatic heterocycles. The summed E-state index contributed by atoms with van der Waals surface area (Å²) < 4.78 is 0. The summed E-state index contributed by atoms with van der Waals surface area (Å²) in [6.07, 6.45) is 3.06. The molecule has 4 heteroatoms. The molecule has 23 heavy (non-hydrogen) atoms. The van der Waals surface area contributed by atoms with Crippen molar-refractivity contribution in [3.63, 3.8) is 0 Å². The topological polar surface area (TPSA) is 46.2 Å². The lowest BCUT2D eigenvalue weighted by Crippen LogP contribution is -2.26. The van der Waals surface area contributed by atoms with Crippen LogP contribution in [0.5, 0.6) is 0 Å². The largest absolute Gasteiger partial charge is 0.325 e. The van der Waals surface area contributed by atoms with Crippen molar-refractivity contribution in [2.75, 3.05) is 5.32 Å². The van der Waals surface area contributed by atoms with E-state index in [1.807, 2.05) is 36.4 Å². The molecule has 1 aliphatic rings. The van der Waals surface area contributed by atoms with Crippen LogP contribution in [0, 0.1) is 5.92 Å². The molecule has 1 fully saturated rings. The molecule has 1 N–H and O–H groups in total. The molecule has 0 radical (unpaired) electrons. The number of carbonyl (C=O) groups excluding carboxylic acids is 2. The molecule has 116 valence electrons. The van der Waals surface area contributed by atoms with Crippen LogP contribution in [0.25, 0.3) is 6.08 Å². The highest BCUT2D eigenvalue weighted by Gasteiger charge is 2.34. The molecule has 2 aromatic carbocycles. The summed E-state index contributed by atoms with van der Waals surface area (Å²) in [7, 11) is 0. The van der Waals surface area contributed by atoms with Crippen LogP contribution in [0.4, 0.5) is 5.69 Å². The van der Waals surface area contributed by atoms with Crippen LogP contribution in [-0.2, 0) is 9.59 Å². The number of amides is 1. The Morgan fingerprint density at radius 2 is 1.78 bits per heavy atom. The average Bonchev–Trinajstić information content (AvgIpc) is 2.92. The monoisotopic (exact) mass is 325 g/mol. The van der Waals surface area contributed by atoms with Gasteiger partial charge >= 0.3 is 0 Å². The van der Waals surface area contributed by atoms with Gasteiger partial charge in [-0.15, -0.1) is 0 Å². The van der Waals surface area contributed by atoms with Gasteiger partial charge in [-0.1, -0.05) is 41.9 Å². The van der Waals surface area contributed by atoms with Crippen molar-refractivity contribution in [1.82, 2.24) is 0 Å². The zero-order valence-electron chi connectivity index (χ0n) is 12.5. The van der Waals surface area contributed by atoms with Crippen molar-refractivity contribution < 1.29 is 9.59 Å². The van der Waals surface area contributed by atoms with Crippen molar-refractivity contribution >= 4 is 35.1 Å². The first-order valence-corrected chi connectivity index (χ1v) is 7.87. The van der Waals surface area contributed by atoms with Gasteiger partial charge in [-0.3, -0.25) is 9.59 Å². The highest BCUT2D eigenvalue weighted by atomic mass is 35.5. The molecule has 1 amide bonds. The number of carbonyl (C=O) groups is 2. The highest BCUT2D eigenvalue weighted by Crippen LogP contribution is 2.29. The first-order valence-electron chi connectivity index (χ1n) is 7.50. The van der Waals surface area contributed by atoms with E-state index in [2.05, 4.69) is 5.32 Å². The van der Waals surface area contributed by atoms with Gasteiger partial charge in [0.2, 0.25) is 5.91 Å². The predicted molar refractivity (Wildman–Crippen MR) is 92.2 cm³/mol. The van der Waals surface area contributed by atoms with E-state index in [0.29, 0.717) is 29.1 Å². The van der Waals surface area contributed by atoms with Gasteiger partial charge in [0, 0.05) is 10.7 Å². The van der Waals surface area contributed by atoms with Gasteiger partial charge in [0.25, 0.3) is 0 Å². The Labute approximate surface area is 140 Å². The first-order chi connectivity index (χ1) is 11.1. The van der Waals surface area contributed by atoms with Crippen molar-refractivity contribution in [2.45, 2.75) is 12.8 Å². The molecule has 1 aliphatic carbocycles. The van der Waals surface area contributed by atoms with E-state index in [0.717, 1.165) is 5.56 Å². The minimum atomic E-state index is -0.611. The van der Waals surface area contributed by atoms with Crippen LogP contribution in [0.15, 0.2) is 60.2 Å². The minimum absolute atomic E-state index is 0.0830. The van der Waals surface area contributed by atoms with E-state index in [4.69, 9.17) is 11.6 Å². The molecule has 3 nitrogen and oxygen atoms in total. The van der Waals surface area contributed by atoms with Gasteiger partial charge in [0.1, 0.15) is 5.92 Å². The van der Waals surface area contributed by atoms with Crippen LogP contribution in [0.3, 0.4) is 0 Å². The number of allylic oxidation sites excluding steroid dienone is 1. The zero-order chi connectivity index (χ0) is 16.2. The third-order valence-electron chi connectivity index (χ3n) is 3.90. The van der Waals surface area contributed by atoms with Crippen LogP contribution in [-0.4, -0.2) is 11.7 Å². The second-order valence-corrected chi connectivity index (χ2v) is 5.97. The van der Waals surface area contributed by atoms with Crippen LogP contribution in [0.1, 0.15) is 18.4 Å². The second-order valence-electron chi connectivity index (χ2n) is 5.53. The molecule has 0 aliphatic heterocycles. The van der Waals surface area contributed by atoms with Crippen LogP contribution in [0.2, 0.25) is 5.02 Å². The van der Waals surface area contributed by atoms with E-state index in [9.17, 15) is 9.59 Å². The lowest BCUT2D eigenvalue weighted by Gasteiger charge is -2.09. The van der Waals surface area contributed by atoms with E-state index >= 15 is 0 Å². The lowest BCUT2D eigenvalue weighted by molar-refractivity contribution is -0.127. The molecule has 0 saturated heterocycles.